The smallest absolute Gasteiger partial charge is 0.336 e. The van der Waals surface area contributed by atoms with Gasteiger partial charge in [-0.3, -0.25) is 4.98 Å². The lowest BCUT2D eigenvalue weighted by molar-refractivity contribution is 0.0697. The summed E-state index contributed by atoms with van der Waals surface area (Å²) in [7, 11) is 0. The van der Waals surface area contributed by atoms with Crippen LogP contribution in [0.15, 0.2) is 36.5 Å². The van der Waals surface area contributed by atoms with Crippen molar-refractivity contribution >= 4 is 75.6 Å². The predicted octanol–water partition coefficient (Wildman–Crippen LogP) is 8.03. The van der Waals surface area contributed by atoms with Crippen LogP contribution in [0.5, 0.6) is 0 Å². The fourth-order valence-corrected chi connectivity index (χ4v) is 3.63. The Morgan fingerprint density at radius 3 is 1.63 bits per heavy atom. The zero-order valence-corrected chi connectivity index (χ0v) is 17.6. The lowest BCUT2D eigenvalue weighted by atomic mass is 9.99. The first-order valence-corrected chi connectivity index (χ1v) is 9.49. The minimum Gasteiger partial charge on any atom is -0.478 e. The van der Waals surface area contributed by atoms with E-state index in [0.29, 0.717) is 22.4 Å². The molecule has 0 spiro atoms. The molecule has 9 heteroatoms. The SMILES string of the molecule is O=C(O)c1cc(-c2cc(Cl)c(Cl)c(Cl)c2)ncc1-c1cc(Cl)c(Cl)c(Cl)c1. The Morgan fingerprint density at radius 1 is 0.741 bits per heavy atom. The molecular formula is C18H7Cl6NO2. The average Bonchev–Trinajstić information content (AvgIpc) is 2.62. The zero-order chi connectivity index (χ0) is 19.9. The van der Waals surface area contributed by atoms with Crippen LogP contribution in [0, 0.1) is 0 Å². The van der Waals surface area contributed by atoms with Gasteiger partial charge in [-0.05, 0) is 35.9 Å². The second-order valence-electron chi connectivity index (χ2n) is 5.43. The van der Waals surface area contributed by atoms with E-state index in [1.807, 2.05) is 0 Å². The third kappa shape index (κ3) is 4.14. The highest BCUT2D eigenvalue weighted by Crippen LogP contribution is 2.38. The number of carbonyl (C=O) groups is 1. The van der Waals surface area contributed by atoms with E-state index in [9.17, 15) is 9.90 Å². The maximum absolute atomic E-state index is 11.8. The molecule has 2 aromatic carbocycles. The Hall–Kier alpha value is -1.20. The molecule has 0 aliphatic rings. The molecule has 27 heavy (non-hydrogen) atoms. The Labute approximate surface area is 184 Å². The van der Waals surface area contributed by atoms with Crippen molar-refractivity contribution in [2.75, 3.05) is 0 Å². The number of hydrogen-bond donors (Lipinski definition) is 1. The highest BCUT2D eigenvalue weighted by molar-refractivity contribution is 6.49. The molecule has 0 aliphatic carbocycles. The van der Waals surface area contributed by atoms with E-state index in [1.54, 1.807) is 12.1 Å². The van der Waals surface area contributed by atoms with Crippen LogP contribution < -0.4 is 0 Å². The molecule has 0 bridgehead atoms. The zero-order valence-electron chi connectivity index (χ0n) is 13.0. The molecule has 138 valence electrons. The van der Waals surface area contributed by atoms with E-state index in [2.05, 4.69) is 4.98 Å². The maximum atomic E-state index is 11.8. The van der Waals surface area contributed by atoms with Crippen LogP contribution in [0.25, 0.3) is 22.4 Å². The van der Waals surface area contributed by atoms with Crippen molar-refractivity contribution in [1.82, 2.24) is 4.98 Å². The van der Waals surface area contributed by atoms with Crippen LogP contribution in [0.2, 0.25) is 30.1 Å². The number of aromatic nitrogens is 1. The summed E-state index contributed by atoms with van der Waals surface area (Å²) in [4.78, 5) is 16.1. The van der Waals surface area contributed by atoms with Crippen molar-refractivity contribution in [2.45, 2.75) is 0 Å². The van der Waals surface area contributed by atoms with Gasteiger partial charge in [0.1, 0.15) is 0 Å². The van der Waals surface area contributed by atoms with Crippen LogP contribution in [0.4, 0.5) is 0 Å². The van der Waals surface area contributed by atoms with E-state index in [0.717, 1.165) is 0 Å². The van der Waals surface area contributed by atoms with Crippen LogP contribution in [0.3, 0.4) is 0 Å². The summed E-state index contributed by atoms with van der Waals surface area (Å²) in [6.07, 6.45) is 1.41. The summed E-state index contributed by atoms with van der Waals surface area (Å²) in [5.74, 6) is -1.15. The van der Waals surface area contributed by atoms with Gasteiger partial charge in [0.25, 0.3) is 0 Å². The molecule has 3 aromatic rings. The van der Waals surface area contributed by atoms with Crippen molar-refractivity contribution in [3.05, 3.63) is 72.2 Å². The van der Waals surface area contributed by atoms with Gasteiger partial charge < -0.3 is 5.11 Å². The van der Waals surface area contributed by atoms with Crippen molar-refractivity contribution in [1.29, 1.82) is 0 Å². The Balaban J connectivity index is 2.19. The highest BCUT2D eigenvalue weighted by Gasteiger charge is 2.18. The lowest BCUT2D eigenvalue weighted by Gasteiger charge is -2.11. The van der Waals surface area contributed by atoms with Gasteiger partial charge in [0.15, 0.2) is 0 Å². The molecule has 0 fully saturated rings. The van der Waals surface area contributed by atoms with E-state index >= 15 is 0 Å². The number of aromatic carboxylic acids is 1. The normalized spacial score (nSPS) is 10.9. The van der Waals surface area contributed by atoms with Gasteiger partial charge in [0, 0.05) is 17.3 Å². The number of halogens is 6. The third-order valence-corrected chi connectivity index (χ3v) is 6.10. The van der Waals surface area contributed by atoms with E-state index in [1.165, 1.54) is 24.4 Å². The van der Waals surface area contributed by atoms with Crippen molar-refractivity contribution in [2.24, 2.45) is 0 Å². The molecule has 1 aromatic heterocycles. The standard InChI is InChI=1S/C18H7Cl6NO2/c19-11-1-7(2-12(20)16(11)23)10-6-25-15(5-9(10)18(26)27)8-3-13(21)17(24)14(22)4-8/h1-6H,(H,26,27). The molecule has 1 heterocycles. The third-order valence-electron chi connectivity index (χ3n) is 3.71. The Bertz CT molecular complexity index is 1040. The number of carboxylic acids is 1. The number of benzene rings is 2. The van der Waals surface area contributed by atoms with Gasteiger partial charge in [-0.25, -0.2) is 4.79 Å². The molecule has 3 rings (SSSR count). The van der Waals surface area contributed by atoms with E-state index < -0.39 is 5.97 Å². The minimum atomic E-state index is -1.15. The molecule has 0 saturated carbocycles. The van der Waals surface area contributed by atoms with Gasteiger partial charge in [0.05, 0.1) is 41.4 Å². The molecule has 0 radical (unpaired) electrons. The van der Waals surface area contributed by atoms with Gasteiger partial charge in [-0.1, -0.05) is 69.6 Å². The van der Waals surface area contributed by atoms with Gasteiger partial charge >= 0.3 is 5.97 Å². The number of nitrogens with zero attached hydrogens (tertiary/aromatic N) is 1. The molecule has 3 nitrogen and oxygen atoms in total. The number of hydrogen-bond acceptors (Lipinski definition) is 2. The highest BCUT2D eigenvalue weighted by atomic mass is 35.5. The number of rotatable bonds is 3. The average molecular weight is 482 g/mol. The molecule has 1 N–H and O–H groups in total. The van der Waals surface area contributed by atoms with Gasteiger partial charge in [0.2, 0.25) is 0 Å². The van der Waals surface area contributed by atoms with Crippen molar-refractivity contribution in [3.63, 3.8) is 0 Å². The first kappa shape index (κ1) is 20.5. The minimum absolute atomic E-state index is 0.00310. The number of pyridine rings is 1. The van der Waals surface area contributed by atoms with Gasteiger partial charge in [-0.15, -0.1) is 0 Å². The summed E-state index contributed by atoms with van der Waals surface area (Å²) in [6, 6.07) is 7.56. The molecule has 0 saturated heterocycles. The molecule has 0 aliphatic heterocycles. The number of carboxylic acid groups (broad SMARTS) is 1. The van der Waals surface area contributed by atoms with Crippen molar-refractivity contribution < 1.29 is 9.90 Å². The second-order valence-corrected chi connectivity index (χ2v) is 7.81. The van der Waals surface area contributed by atoms with E-state index in [-0.39, 0.29) is 35.7 Å². The summed E-state index contributed by atoms with van der Waals surface area (Å²) in [6.45, 7) is 0. The van der Waals surface area contributed by atoms with E-state index in [4.69, 9.17) is 69.6 Å². The summed E-state index contributed by atoms with van der Waals surface area (Å²) >= 11 is 36.1. The fourth-order valence-electron chi connectivity index (χ4n) is 2.43. The molecule has 0 atom stereocenters. The predicted molar refractivity (Wildman–Crippen MR) is 112 cm³/mol. The van der Waals surface area contributed by atoms with Gasteiger partial charge in [-0.2, -0.15) is 0 Å². The topological polar surface area (TPSA) is 50.2 Å². The quantitative estimate of drug-likeness (QED) is 0.385. The van der Waals surface area contributed by atoms with Crippen LogP contribution in [-0.4, -0.2) is 16.1 Å². The van der Waals surface area contributed by atoms with Crippen LogP contribution >= 0.6 is 69.6 Å². The molecule has 0 unspecified atom stereocenters. The van der Waals surface area contributed by atoms with Crippen LogP contribution in [0.1, 0.15) is 10.4 Å². The largest absolute Gasteiger partial charge is 0.478 e. The maximum Gasteiger partial charge on any atom is 0.336 e. The lowest BCUT2D eigenvalue weighted by Crippen LogP contribution is -2.02. The molecule has 0 amide bonds. The Kier molecular flexibility index (Phi) is 6.11. The first-order valence-electron chi connectivity index (χ1n) is 7.22. The van der Waals surface area contributed by atoms with Crippen LogP contribution in [-0.2, 0) is 0 Å². The first-order chi connectivity index (χ1) is 12.7. The fraction of sp³-hybridized carbons (Fsp3) is 0. The molecular weight excluding hydrogens is 475 g/mol. The Morgan fingerprint density at radius 2 is 1.19 bits per heavy atom. The monoisotopic (exact) mass is 479 g/mol. The summed E-state index contributed by atoms with van der Waals surface area (Å²) < 4.78 is 0. The van der Waals surface area contributed by atoms with Crippen molar-refractivity contribution in [3.8, 4) is 22.4 Å². The second kappa shape index (κ2) is 8.04. The summed E-state index contributed by atoms with van der Waals surface area (Å²) in [5, 5.41) is 10.9. The summed E-state index contributed by atoms with van der Waals surface area (Å²) in [5.41, 5.74) is 1.69.